The fourth-order valence-corrected chi connectivity index (χ4v) is 3.30. The van der Waals surface area contributed by atoms with Crippen molar-refractivity contribution in [2.24, 2.45) is 5.73 Å². The first-order chi connectivity index (χ1) is 12.1. The molecule has 25 heavy (non-hydrogen) atoms. The van der Waals surface area contributed by atoms with Gasteiger partial charge in [0.1, 0.15) is 0 Å². The Balaban J connectivity index is 1.81. The number of furan rings is 1. The maximum Gasteiger partial charge on any atom is 0.219 e. The quantitative estimate of drug-likeness (QED) is 0.750. The molecule has 9 heteroatoms. The zero-order chi connectivity index (χ0) is 17.8. The van der Waals surface area contributed by atoms with Crippen LogP contribution < -0.4 is 5.73 Å². The number of methoxy groups -OCH3 is 1. The van der Waals surface area contributed by atoms with Crippen LogP contribution in [0.4, 0.5) is 0 Å². The van der Waals surface area contributed by atoms with Gasteiger partial charge in [-0.3, -0.25) is 14.3 Å². The van der Waals surface area contributed by atoms with E-state index < -0.39 is 0 Å². The Morgan fingerprint density at radius 3 is 2.84 bits per heavy atom. The zero-order valence-corrected chi connectivity index (χ0v) is 15.1. The zero-order valence-electron chi connectivity index (χ0n) is 14.3. The van der Waals surface area contributed by atoms with E-state index >= 15 is 0 Å². The summed E-state index contributed by atoms with van der Waals surface area (Å²) in [7, 11) is 1.76. The fourth-order valence-electron chi connectivity index (χ4n) is 3.02. The standard InChI is InChI=1S/C16H23N5O3S/c1-23-12-4-7-19(8-5-12)11-21-16(25)20(9-6-14(17)22)15(18-21)13-3-2-10-24-13/h2-3,10,12H,4-9,11H2,1H3,(H2,17,22). The minimum Gasteiger partial charge on any atom is -0.461 e. The van der Waals surface area contributed by atoms with Gasteiger partial charge in [-0.15, -0.1) is 5.10 Å². The lowest BCUT2D eigenvalue weighted by molar-refractivity contribution is -0.118. The van der Waals surface area contributed by atoms with Crippen molar-refractivity contribution in [3.05, 3.63) is 23.2 Å². The van der Waals surface area contributed by atoms with Gasteiger partial charge in [0.25, 0.3) is 0 Å². The molecule has 3 rings (SSSR count). The fraction of sp³-hybridized carbons (Fsp3) is 0.562. The van der Waals surface area contributed by atoms with E-state index in [2.05, 4.69) is 10.00 Å². The van der Waals surface area contributed by atoms with Gasteiger partial charge in [-0.05, 0) is 37.2 Å². The number of hydrogen-bond acceptors (Lipinski definition) is 6. The molecule has 0 saturated carbocycles. The Labute approximate surface area is 151 Å². The van der Waals surface area contributed by atoms with Gasteiger partial charge < -0.3 is 14.9 Å². The molecular formula is C16H23N5O3S. The molecule has 0 aliphatic carbocycles. The second-order valence-corrected chi connectivity index (χ2v) is 6.51. The molecule has 1 fully saturated rings. The summed E-state index contributed by atoms with van der Waals surface area (Å²) in [6.45, 7) is 2.86. The number of piperidine rings is 1. The van der Waals surface area contributed by atoms with Crippen LogP contribution in [-0.2, 0) is 22.7 Å². The Hall–Kier alpha value is -1.97. The van der Waals surface area contributed by atoms with E-state index in [4.69, 9.17) is 27.1 Å². The number of carbonyl (C=O) groups is 1. The van der Waals surface area contributed by atoms with Gasteiger partial charge in [-0.2, -0.15) is 0 Å². The smallest absolute Gasteiger partial charge is 0.219 e. The van der Waals surface area contributed by atoms with E-state index in [0.717, 1.165) is 25.9 Å². The van der Waals surface area contributed by atoms with Crippen molar-refractivity contribution in [1.29, 1.82) is 0 Å². The van der Waals surface area contributed by atoms with Gasteiger partial charge in [0, 0.05) is 33.2 Å². The van der Waals surface area contributed by atoms with Crippen molar-refractivity contribution in [3.8, 4) is 11.6 Å². The van der Waals surface area contributed by atoms with Gasteiger partial charge in [0.15, 0.2) is 16.4 Å². The highest BCUT2D eigenvalue weighted by atomic mass is 32.1. The molecule has 1 saturated heterocycles. The Kier molecular flexibility index (Phi) is 5.67. The first-order valence-electron chi connectivity index (χ1n) is 8.33. The summed E-state index contributed by atoms with van der Waals surface area (Å²) in [6, 6.07) is 3.62. The van der Waals surface area contributed by atoms with Gasteiger partial charge in [-0.1, -0.05) is 0 Å². The van der Waals surface area contributed by atoms with Crippen LogP contribution in [0.3, 0.4) is 0 Å². The Morgan fingerprint density at radius 1 is 1.48 bits per heavy atom. The summed E-state index contributed by atoms with van der Waals surface area (Å²) in [5.41, 5.74) is 5.28. The summed E-state index contributed by atoms with van der Waals surface area (Å²) in [4.78, 5) is 13.5. The first-order valence-corrected chi connectivity index (χ1v) is 8.74. The van der Waals surface area contributed by atoms with Crippen molar-refractivity contribution < 1.29 is 13.9 Å². The number of rotatable bonds is 7. The second kappa shape index (κ2) is 7.94. The molecule has 0 bridgehead atoms. The third-order valence-corrected chi connectivity index (χ3v) is 4.88. The van der Waals surface area contributed by atoms with E-state index in [9.17, 15) is 4.79 Å². The molecular weight excluding hydrogens is 342 g/mol. The molecule has 1 aliphatic heterocycles. The second-order valence-electron chi connectivity index (χ2n) is 6.15. The summed E-state index contributed by atoms with van der Waals surface area (Å²) < 4.78 is 15.0. The van der Waals surface area contributed by atoms with E-state index in [1.165, 1.54) is 0 Å². The Bertz CT molecular complexity index is 759. The normalized spacial score (nSPS) is 16.4. The van der Waals surface area contributed by atoms with Crippen molar-refractivity contribution >= 4 is 18.1 Å². The minimum atomic E-state index is -0.373. The maximum absolute atomic E-state index is 11.2. The molecule has 2 aromatic heterocycles. The predicted molar refractivity (Wildman–Crippen MR) is 94.2 cm³/mol. The third kappa shape index (κ3) is 4.17. The van der Waals surface area contributed by atoms with E-state index in [-0.39, 0.29) is 12.3 Å². The molecule has 1 amide bonds. The van der Waals surface area contributed by atoms with E-state index in [1.54, 1.807) is 28.7 Å². The largest absolute Gasteiger partial charge is 0.461 e. The highest BCUT2D eigenvalue weighted by Crippen LogP contribution is 2.20. The molecule has 0 atom stereocenters. The molecule has 2 aromatic rings. The number of carbonyl (C=O) groups excluding carboxylic acids is 1. The monoisotopic (exact) mass is 365 g/mol. The number of amides is 1. The molecule has 0 radical (unpaired) electrons. The van der Waals surface area contributed by atoms with E-state index in [1.807, 2.05) is 6.07 Å². The van der Waals surface area contributed by atoms with Crippen LogP contribution in [0.5, 0.6) is 0 Å². The van der Waals surface area contributed by atoms with Crippen molar-refractivity contribution in [1.82, 2.24) is 19.2 Å². The minimum absolute atomic E-state index is 0.201. The number of hydrogen-bond donors (Lipinski definition) is 1. The molecule has 0 aromatic carbocycles. The van der Waals surface area contributed by atoms with Gasteiger partial charge in [0.05, 0.1) is 19.0 Å². The average molecular weight is 365 g/mol. The summed E-state index contributed by atoms with van der Waals surface area (Å²) >= 11 is 5.57. The SMILES string of the molecule is COC1CCN(Cn2nc(-c3ccco3)n(CCC(N)=O)c2=S)CC1. The number of primary amides is 1. The molecule has 0 spiro atoms. The average Bonchev–Trinajstić information content (AvgIpc) is 3.23. The van der Waals surface area contributed by atoms with Crippen LogP contribution in [0.2, 0.25) is 0 Å². The van der Waals surface area contributed by atoms with Crippen molar-refractivity contribution in [3.63, 3.8) is 0 Å². The lowest BCUT2D eigenvalue weighted by Crippen LogP contribution is -2.38. The lowest BCUT2D eigenvalue weighted by Gasteiger charge is -2.30. The summed E-state index contributed by atoms with van der Waals surface area (Å²) in [5, 5.41) is 4.62. The number of nitrogens with zero attached hydrogens (tertiary/aromatic N) is 4. The van der Waals surface area contributed by atoms with Gasteiger partial charge >= 0.3 is 0 Å². The van der Waals surface area contributed by atoms with Crippen LogP contribution in [0.15, 0.2) is 22.8 Å². The van der Waals surface area contributed by atoms with Crippen LogP contribution in [-0.4, -0.2) is 51.5 Å². The predicted octanol–water partition coefficient (Wildman–Crippen LogP) is 1.62. The molecule has 0 unspecified atom stereocenters. The van der Waals surface area contributed by atoms with Crippen LogP contribution in [0, 0.1) is 4.77 Å². The van der Waals surface area contributed by atoms with Crippen LogP contribution >= 0.6 is 12.2 Å². The number of likely N-dealkylation sites (tertiary alicyclic amines) is 1. The molecule has 3 heterocycles. The lowest BCUT2D eigenvalue weighted by atomic mass is 10.1. The van der Waals surface area contributed by atoms with Crippen molar-refractivity contribution in [2.75, 3.05) is 20.2 Å². The molecule has 1 aliphatic rings. The number of nitrogens with two attached hydrogens (primary N) is 1. The van der Waals surface area contributed by atoms with Gasteiger partial charge in [-0.25, -0.2) is 4.68 Å². The van der Waals surface area contributed by atoms with Crippen molar-refractivity contribution in [2.45, 2.75) is 38.6 Å². The van der Waals surface area contributed by atoms with Crippen LogP contribution in [0.1, 0.15) is 19.3 Å². The first kappa shape index (κ1) is 17.8. The van der Waals surface area contributed by atoms with E-state index in [0.29, 0.717) is 35.7 Å². The number of aromatic nitrogens is 3. The maximum atomic E-state index is 11.2. The third-order valence-electron chi connectivity index (χ3n) is 4.45. The topological polar surface area (TPSA) is 91.4 Å². The summed E-state index contributed by atoms with van der Waals surface area (Å²) in [6.07, 6.45) is 4.11. The van der Waals surface area contributed by atoms with Gasteiger partial charge in [0.2, 0.25) is 5.91 Å². The molecule has 8 nitrogen and oxygen atoms in total. The Morgan fingerprint density at radius 2 is 2.24 bits per heavy atom. The van der Waals surface area contributed by atoms with Crippen LogP contribution in [0.25, 0.3) is 11.6 Å². The summed E-state index contributed by atoms with van der Waals surface area (Å²) in [5.74, 6) is 0.858. The highest BCUT2D eigenvalue weighted by molar-refractivity contribution is 7.71. The number of ether oxygens (including phenoxy) is 1. The highest BCUT2D eigenvalue weighted by Gasteiger charge is 2.21. The molecule has 136 valence electrons. The molecule has 2 N–H and O–H groups in total.